The maximum Gasteiger partial charge on any atom is 0.222 e. The Hall–Kier alpha value is -2.99. The summed E-state index contributed by atoms with van der Waals surface area (Å²) in [6.45, 7) is 4.34. The van der Waals surface area contributed by atoms with Crippen LogP contribution >= 0.6 is 0 Å². The number of carbonyl (C=O) groups excluding carboxylic acids is 1. The first-order valence-corrected chi connectivity index (χ1v) is 10.2. The first kappa shape index (κ1) is 19.3. The molecule has 150 valence electrons. The molecule has 1 aliphatic rings. The minimum Gasteiger partial charge on any atom is -0.352 e. The van der Waals surface area contributed by atoms with Crippen LogP contribution in [-0.2, 0) is 24.4 Å². The van der Waals surface area contributed by atoms with Gasteiger partial charge >= 0.3 is 0 Å². The molecule has 29 heavy (non-hydrogen) atoms. The lowest BCUT2D eigenvalue weighted by molar-refractivity contribution is -0.121. The van der Waals surface area contributed by atoms with Crippen LogP contribution in [0.3, 0.4) is 0 Å². The van der Waals surface area contributed by atoms with Gasteiger partial charge in [0, 0.05) is 24.9 Å². The van der Waals surface area contributed by atoms with Crippen LogP contribution in [0.5, 0.6) is 0 Å². The van der Waals surface area contributed by atoms with Crippen molar-refractivity contribution in [2.45, 2.75) is 38.9 Å². The van der Waals surface area contributed by atoms with Gasteiger partial charge in [-0.25, -0.2) is 0 Å². The number of aryl methyl sites for hydroxylation is 1. The molecule has 1 fully saturated rings. The maximum atomic E-state index is 12.3. The third-order valence-corrected chi connectivity index (χ3v) is 5.43. The highest BCUT2D eigenvalue weighted by atomic mass is 16.1. The first-order chi connectivity index (χ1) is 14.2. The van der Waals surface area contributed by atoms with E-state index >= 15 is 0 Å². The van der Waals surface area contributed by atoms with E-state index in [0.717, 1.165) is 17.6 Å². The summed E-state index contributed by atoms with van der Waals surface area (Å²) < 4.78 is 1.71. The Bertz CT molecular complexity index is 1040. The number of nitrogens with one attached hydrogen (secondary N) is 1. The number of nitrogens with zero attached hydrogens (tertiary/aromatic N) is 3. The Morgan fingerprint density at radius 3 is 2.52 bits per heavy atom. The molecule has 2 heterocycles. The van der Waals surface area contributed by atoms with Crippen LogP contribution in [0.15, 0.2) is 59.5 Å². The summed E-state index contributed by atoms with van der Waals surface area (Å²) in [7, 11) is 0. The van der Waals surface area contributed by atoms with Gasteiger partial charge in [-0.15, -0.1) is 0 Å². The van der Waals surface area contributed by atoms with E-state index in [2.05, 4.69) is 39.6 Å². The number of fused-ring (bicyclic) bond motifs is 1. The number of aromatic nitrogens is 2. The zero-order chi connectivity index (χ0) is 20.1. The van der Waals surface area contributed by atoms with Crippen molar-refractivity contribution in [1.82, 2.24) is 20.0 Å². The molecule has 1 aromatic heterocycles. The summed E-state index contributed by atoms with van der Waals surface area (Å²) in [6, 6.07) is 15.8. The lowest BCUT2D eigenvalue weighted by Crippen LogP contribution is -2.25. The van der Waals surface area contributed by atoms with Crippen molar-refractivity contribution in [3.05, 3.63) is 76.1 Å². The molecule has 0 unspecified atom stereocenters. The van der Waals surface area contributed by atoms with Crippen molar-refractivity contribution in [1.29, 1.82) is 0 Å². The van der Waals surface area contributed by atoms with Gasteiger partial charge in [-0.1, -0.05) is 36.4 Å². The van der Waals surface area contributed by atoms with E-state index in [1.807, 2.05) is 18.2 Å². The summed E-state index contributed by atoms with van der Waals surface area (Å²) in [5, 5.41) is 7.76. The van der Waals surface area contributed by atoms with Gasteiger partial charge in [0.1, 0.15) is 0 Å². The molecule has 3 aromatic rings. The Morgan fingerprint density at radius 1 is 1.00 bits per heavy atom. The second kappa shape index (κ2) is 9.01. The first-order valence-electron chi connectivity index (χ1n) is 10.2. The van der Waals surface area contributed by atoms with E-state index < -0.39 is 0 Å². The number of likely N-dealkylation sites (tertiary alicyclic amines) is 1. The number of rotatable bonds is 7. The van der Waals surface area contributed by atoms with Crippen LogP contribution < -0.4 is 10.7 Å². The number of benzene rings is 2. The van der Waals surface area contributed by atoms with Crippen LogP contribution in [0, 0.1) is 0 Å². The number of amides is 1. The number of hydrogen-bond donors (Lipinski definition) is 1. The SMILES string of the molecule is O=C(CCn1ncc(=O)c2ccccc21)NCc1ccc(CN2CCCC2)cc1. The Kier molecular flexibility index (Phi) is 6.00. The Morgan fingerprint density at radius 2 is 1.72 bits per heavy atom. The Labute approximate surface area is 170 Å². The number of carbonyl (C=O) groups is 1. The van der Waals surface area contributed by atoms with E-state index in [1.165, 1.54) is 37.7 Å². The standard InChI is InChI=1S/C23H26N4O2/c28-22-16-25-27(21-6-2-1-5-20(21)22)14-11-23(29)24-15-18-7-9-19(10-8-18)17-26-12-3-4-13-26/h1-2,5-10,16H,3-4,11-15,17H2,(H,24,29). The second-order valence-corrected chi connectivity index (χ2v) is 7.58. The second-order valence-electron chi connectivity index (χ2n) is 7.58. The van der Waals surface area contributed by atoms with Crippen molar-refractivity contribution in [2.75, 3.05) is 13.1 Å². The lowest BCUT2D eigenvalue weighted by Gasteiger charge is -2.14. The average molecular weight is 390 g/mol. The van der Waals surface area contributed by atoms with Crippen molar-refractivity contribution in [3.63, 3.8) is 0 Å². The molecule has 0 radical (unpaired) electrons. The molecule has 6 nitrogen and oxygen atoms in total. The lowest BCUT2D eigenvalue weighted by atomic mass is 10.1. The normalized spacial score (nSPS) is 14.3. The van der Waals surface area contributed by atoms with Crippen LogP contribution in [0.25, 0.3) is 10.9 Å². The molecule has 1 amide bonds. The molecule has 4 rings (SSSR count). The molecule has 0 spiro atoms. The van der Waals surface area contributed by atoms with Gasteiger partial charge < -0.3 is 5.32 Å². The van der Waals surface area contributed by atoms with Crippen LogP contribution in [0.4, 0.5) is 0 Å². The van der Waals surface area contributed by atoms with E-state index in [-0.39, 0.29) is 11.3 Å². The van der Waals surface area contributed by atoms with Crippen molar-refractivity contribution >= 4 is 16.8 Å². The van der Waals surface area contributed by atoms with Gasteiger partial charge in [0.2, 0.25) is 11.3 Å². The van der Waals surface area contributed by atoms with Gasteiger partial charge in [0.15, 0.2) is 0 Å². The summed E-state index contributed by atoms with van der Waals surface area (Å²) >= 11 is 0. The molecule has 1 N–H and O–H groups in total. The highest BCUT2D eigenvalue weighted by Crippen LogP contribution is 2.13. The van der Waals surface area contributed by atoms with Gasteiger partial charge in [-0.2, -0.15) is 5.10 Å². The van der Waals surface area contributed by atoms with Crippen molar-refractivity contribution in [2.24, 2.45) is 0 Å². The minimum absolute atomic E-state index is 0.0317. The summed E-state index contributed by atoms with van der Waals surface area (Å²) in [6.07, 6.45) is 4.22. The fourth-order valence-corrected chi connectivity index (χ4v) is 3.80. The average Bonchev–Trinajstić information content (AvgIpc) is 3.26. The van der Waals surface area contributed by atoms with Crippen LogP contribution in [-0.4, -0.2) is 33.7 Å². The topological polar surface area (TPSA) is 67.2 Å². The van der Waals surface area contributed by atoms with Gasteiger partial charge in [-0.05, 0) is 49.2 Å². The highest BCUT2D eigenvalue weighted by molar-refractivity contribution is 5.79. The molecule has 0 bridgehead atoms. The van der Waals surface area contributed by atoms with Crippen LogP contribution in [0.2, 0.25) is 0 Å². The minimum atomic E-state index is -0.102. The van der Waals surface area contributed by atoms with E-state index in [1.54, 1.807) is 10.7 Å². The molecular formula is C23H26N4O2. The van der Waals surface area contributed by atoms with Crippen molar-refractivity contribution in [3.8, 4) is 0 Å². The van der Waals surface area contributed by atoms with Crippen LogP contribution in [0.1, 0.15) is 30.4 Å². The molecule has 0 saturated carbocycles. The molecule has 1 saturated heterocycles. The predicted octanol–water partition coefficient (Wildman–Crippen LogP) is 2.70. The number of hydrogen-bond acceptors (Lipinski definition) is 4. The fraction of sp³-hybridized carbons (Fsp3) is 0.348. The van der Waals surface area contributed by atoms with E-state index in [0.29, 0.717) is 24.9 Å². The van der Waals surface area contributed by atoms with E-state index in [9.17, 15) is 9.59 Å². The summed E-state index contributed by atoms with van der Waals surface area (Å²) in [4.78, 5) is 26.6. The third kappa shape index (κ3) is 4.90. The quantitative estimate of drug-likeness (QED) is 0.674. The monoisotopic (exact) mass is 390 g/mol. The van der Waals surface area contributed by atoms with Gasteiger partial charge in [-0.3, -0.25) is 19.2 Å². The predicted molar refractivity (Wildman–Crippen MR) is 113 cm³/mol. The van der Waals surface area contributed by atoms with Gasteiger partial charge in [0.05, 0.1) is 18.3 Å². The van der Waals surface area contributed by atoms with Crippen molar-refractivity contribution < 1.29 is 4.79 Å². The molecule has 0 atom stereocenters. The molecule has 2 aromatic carbocycles. The molecular weight excluding hydrogens is 364 g/mol. The highest BCUT2D eigenvalue weighted by Gasteiger charge is 2.11. The van der Waals surface area contributed by atoms with Gasteiger partial charge in [0.25, 0.3) is 0 Å². The number of para-hydroxylation sites is 1. The molecule has 0 aliphatic carbocycles. The zero-order valence-electron chi connectivity index (χ0n) is 16.5. The largest absolute Gasteiger partial charge is 0.352 e. The summed E-state index contributed by atoms with van der Waals surface area (Å²) in [5.41, 5.74) is 3.06. The third-order valence-electron chi connectivity index (χ3n) is 5.43. The smallest absolute Gasteiger partial charge is 0.222 e. The fourth-order valence-electron chi connectivity index (χ4n) is 3.80. The Balaban J connectivity index is 1.28. The zero-order valence-corrected chi connectivity index (χ0v) is 16.5. The maximum absolute atomic E-state index is 12.3. The molecule has 6 heteroatoms. The summed E-state index contributed by atoms with van der Waals surface area (Å²) in [5.74, 6) is -0.0317. The van der Waals surface area contributed by atoms with E-state index in [4.69, 9.17) is 0 Å². The molecule has 1 aliphatic heterocycles.